The van der Waals surface area contributed by atoms with Crippen molar-refractivity contribution in [1.82, 2.24) is 0 Å². The lowest BCUT2D eigenvalue weighted by Gasteiger charge is -2.12. The van der Waals surface area contributed by atoms with E-state index in [0.717, 1.165) is 25.7 Å². The van der Waals surface area contributed by atoms with Gasteiger partial charge in [-0.2, -0.15) is 0 Å². The number of nitrogens with two attached hydrogens (primary N) is 2. The molecule has 0 bridgehead atoms. The molecule has 0 saturated heterocycles. The van der Waals surface area contributed by atoms with Gasteiger partial charge in [0.2, 0.25) is 0 Å². The Bertz CT molecular complexity index is 381. The summed E-state index contributed by atoms with van der Waals surface area (Å²) in [6, 6.07) is -0.990. The molecule has 1 atom stereocenters. The van der Waals surface area contributed by atoms with Crippen molar-refractivity contribution in [2.75, 3.05) is 19.3 Å². The van der Waals surface area contributed by atoms with Crippen LogP contribution in [0.2, 0.25) is 0 Å². The molecular formula is C13H27N2O5P. The molecule has 0 aliphatic rings. The van der Waals surface area contributed by atoms with Gasteiger partial charge in [-0.3, -0.25) is 9.36 Å². The Morgan fingerprint density at radius 3 is 2.43 bits per heavy atom. The summed E-state index contributed by atoms with van der Waals surface area (Å²) in [5.41, 5.74) is 11.6. The molecule has 0 aromatic rings. The van der Waals surface area contributed by atoms with E-state index in [9.17, 15) is 9.36 Å². The number of esters is 1. The van der Waals surface area contributed by atoms with E-state index in [4.69, 9.17) is 26.0 Å². The lowest BCUT2D eigenvalue weighted by molar-refractivity contribution is -0.143. The average molecular weight is 322 g/mol. The van der Waals surface area contributed by atoms with Gasteiger partial charge in [-0.25, -0.2) is 0 Å². The van der Waals surface area contributed by atoms with Crippen molar-refractivity contribution in [3.05, 3.63) is 11.6 Å². The SMILES string of the molecule is CCOC(=O)C(N)/C=C(/CCCCCCN)CP(=O)(O)O. The Kier molecular flexibility index (Phi) is 10.6. The van der Waals surface area contributed by atoms with E-state index in [1.807, 2.05) is 0 Å². The highest BCUT2D eigenvalue weighted by Gasteiger charge is 2.19. The Morgan fingerprint density at radius 1 is 1.29 bits per heavy atom. The summed E-state index contributed by atoms with van der Waals surface area (Å²) in [4.78, 5) is 29.6. The monoisotopic (exact) mass is 322 g/mol. The summed E-state index contributed by atoms with van der Waals surface area (Å²) in [5.74, 6) is -0.594. The lowest BCUT2D eigenvalue weighted by atomic mass is 10.1. The van der Waals surface area contributed by atoms with Crippen LogP contribution in [0.15, 0.2) is 11.6 Å². The van der Waals surface area contributed by atoms with Gasteiger partial charge in [0.25, 0.3) is 0 Å². The van der Waals surface area contributed by atoms with Gasteiger partial charge in [-0.15, -0.1) is 0 Å². The van der Waals surface area contributed by atoms with Crippen molar-refractivity contribution in [2.24, 2.45) is 11.5 Å². The standard InChI is InChI=1S/C13H27N2O5P/c1-2-20-13(16)12(15)9-11(10-21(17,18)19)7-5-3-4-6-8-14/h9,12H,2-8,10,14-15H2,1H3,(H2,17,18,19)/b11-9-. The van der Waals surface area contributed by atoms with Crippen LogP contribution >= 0.6 is 7.60 Å². The molecule has 0 aliphatic heterocycles. The van der Waals surface area contributed by atoms with Crippen LogP contribution in [0.3, 0.4) is 0 Å². The molecule has 0 aliphatic carbocycles. The molecule has 6 N–H and O–H groups in total. The first-order chi connectivity index (χ1) is 9.80. The van der Waals surface area contributed by atoms with Crippen LogP contribution in [-0.2, 0) is 14.1 Å². The molecule has 0 saturated carbocycles. The maximum atomic E-state index is 11.5. The molecule has 0 radical (unpaired) electrons. The van der Waals surface area contributed by atoms with Gasteiger partial charge in [0, 0.05) is 0 Å². The second-order valence-corrected chi connectivity index (χ2v) is 6.52. The molecule has 0 spiro atoms. The molecule has 1 unspecified atom stereocenters. The summed E-state index contributed by atoms with van der Waals surface area (Å²) in [6.45, 7) is 2.52. The Labute approximate surface area is 125 Å². The van der Waals surface area contributed by atoms with Crippen molar-refractivity contribution in [2.45, 2.75) is 45.1 Å². The zero-order valence-corrected chi connectivity index (χ0v) is 13.4. The fourth-order valence-corrected chi connectivity index (χ4v) is 2.68. The second kappa shape index (κ2) is 10.9. The predicted molar refractivity (Wildman–Crippen MR) is 81.7 cm³/mol. The number of unbranched alkanes of at least 4 members (excludes halogenated alkanes) is 3. The van der Waals surface area contributed by atoms with Gasteiger partial charge < -0.3 is 26.0 Å². The van der Waals surface area contributed by atoms with Crippen LogP contribution in [0.5, 0.6) is 0 Å². The molecule has 0 rings (SSSR count). The van der Waals surface area contributed by atoms with Crippen LogP contribution in [0.4, 0.5) is 0 Å². The topological polar surface area (TPSA) is 136 Å². The van der Waals surface area contributed by atoms with Gasteiger partial charge in [0.1, 0.15) is 6.04 Å². The fourth-order valence-electron chi connectivity index (χ4n) is 1.89. The van der Waals surface area contributed by atoms with Gasteiger partial charge in [0.05, 0.1) is 12.8 Å². The molecular weight excluding hydrogens is 295 g/mol. The highest BCUT2D eigenvalue weighted by atomic mass is 31.2. The first kappa shape index (κ1) is 20.3. The largest absolute Gasteiger partial charge is 0.465 e. The molecule has 21 heavy (non-hydrogen) atoms. The maximum Gasteiger partial charge on any atom is 0.329 e. The minimum absolute atomic E-state index is 0.216. The number of carbonyl (C=O) groups excluding carboxylic acids is 1. The summed E-state index contributed by atoms with van der Waals surface area (Å²) in [6.07, 6.45) is 5.13. The minimum Gasteiger partial charge on any atom is -0.465 e. The predicted octanol–water partition coefficient (Wildman–Crippen LogP) is 0.890. The number of allylic oxidation sites excluding steroid dienone is 1. The first-order valence-electron chi connectivity index (χ1n) is 7.16. The Hall–Kier alpha value is -0.720. The highest BCUT2D eigenvalue weighted by molar-refractivity contribution is 7.52. The molecule has 8 heteroatoms. The third-order valence-electron chi connectivity index (χ3n) is 2.84. The van der Waals surface area contributed by atoms with Crippen LogP contribution in [0.1, 0.15) is 39.0 Å². The Balaban J connectivity index is 4.57. The van der Waals surface area contributed by atoms with Gasteiger partial charge in [0.15, 0.2) is 0 Å². The molecule has 0 heterocycles. The highest BCUT2D eigenvalue weighted by Crippen LogP contribution is 2.38. The van der Waals surface area contributed by atoms with E-state index in [-0.39, 0.29) is 12.8 Å². The zero-order chi connectivity index (χ0) is 16.3. The van der Waals surface area contributed by atoms with E-state index in [2.05, 4.69) is 0 Å². The van der Waals surface area contributed by atoms with Crippen LogP contribution in [0.25, 0.3) is 0 Å². The molecule has 0 fully saturated rings. The second-order valence-electron chi connectivity index (χ2n) is 4.88. The summed E-state index contributed by atoms with van der Waals surface area (Å²) < 4.78 is 15.9. The number of hydrogen-bond acceptors (Lipinski definition) is 5. The van der Waals surface area contributed by atoms with Gasteiger partial charge in [-0.1, -0.05) is 24.5 Å². The first-order valence-corrected chi connectivity index (χ1v) is 8.96. The van der Waals surface area contributed by atoms with Crippen LogP contribution in [-0.4, -0.2) is 41.1 Å². The summed E-state index contributed by atoms with van der Waals surface area (Å²) in [5, 5.41) is 0. The third kappa shape index (κ3) is 11.6. The maximum absolute atomic E-state index is 11.5. The fraction of sp³-hybridized carbons (Fsp3) is 0.769. The quantitative estimate of drug-likeness (QED) is 0.192. The van der Waals surface area contributed by atoms with Gasteiger partial charge >= 0.3 is 13.6 Å². The number of rotatable bonds is 11. The smallest absolute Gasteiger partial charge is 0.329 e. The van der Waals surface area contributed by atoms with E-state index in [1.165, 1.54) is 6.08 Å². The third-order valence-corrected chi connectivity index (χ3v) is 3.65. The number of carbonyl (C=O) groups is 1. The van der Waals surface area contributed by atoms with Crippen molar-refractivity contribution >= 4 is 13.6 Å². The van der Waals surface area contributed by atoms with Crippen molar-refractivity contribution in [3.63, 3.8) is 0 Å². The molecule has 0 aromatic heterocycles. The van der Waals surface area contributed by atoms with Gasteiger partial charge in [-0.05, 0) is 32.7 Å². The number of hydrogen-bond donors (Lipinski definition) is 4. The molecule has 0 aromatic carbocycles. The van der Waals surface area contributed by atoms with Crippen molar-refractivity contribution < 1.29 is 23.9 Å². The molecule has 0 amide bonds. The van der Waals surface area contributed by atoms with E-state index in [1.54, 1.807) is 6.92 Å². The Morgan fingerprint density at radius 2 is 1.90 bits per heavy atom. The molecule has 7 nitrogen and oxygen atoms in total. The lowest BCUT2D eigenvalue weighted by Crippen LogP contribution is -2.30. The van der Waals surface area contributed by atoms with E-state index < -0.39 is 19.6 Å². The van der Waals surface area contributed by atoms with Crippen LogP contribution in [0, 0.1) is 0 Å². The minimum atomic E-state index is -4.18. The number of ether oxygens (including phenoxy) is 1. The average Bonchev–Trinajstić information content (AvgIpc) is 2.36. The summed E-state index contributed by atoms with van der Waals surface area (Å²) in [7, 11) is -4.18. The van der Waals surface area contributed by atoms with Crippen molar-refractivity contribution in [3.8, 4) is 0 Å². The van der Waals surface area contributed by atoms with E-state index in [0.29, 0.717) is 18.5 Å². The van der Waals surface area contributed by atoms with E-state index >= 15 is 0 Å². The van der Waals surface area contributed by atoms with Crippen molar-refractivity contribution in [1.29, 1.82) is 0 Å². The normalized spacial score (nSPS) is 14.0. The van der Waals surface area contributed by atoms with Crippen LogP contribution < -0.4 is 11.5 Å². The summed E-state index contributed by atoms with van der Waals surface area (Å²) >= 11 is 0. The molecule has 124 valence electrons. The zero-order valence-electron chi connectivity index (χ0n) is 12.5.